The standard InChI is InChI=1S/C23H32O6/c1-6-11-19(15-26-17(3)24)27-20(7-2)22-21(28-23(4,5)29-22)16-25-14-18-12-9-8-10-13-18/h6-10,12-13,19-22H,1-2,11,14-16H2,3-5H3/t19-,20-,21-,22-/m1/s1. The molecule has 6 heteroatoms. The van der Waals surface area contributed by atoms with Crippen LogP contribution in [0.2, 0.25) is 0 Å². The van der Waals surface area contributed by atoms with Crippen molar-refractivity contribution >= 4 is 5.97 Å². The van der Waals surface area contributed by atoms with Crippen LogP contribution in [0.1, 0.15) is 32.8 Å². The summed E-state index contributed by atoms with van der Waals surface area (Å²) < 4.78 is 29.2. The fourth-order valence-electron chi connectivity index (χ4n) is 3.19. The van der Waals surface area contributed by atoms with Crippen LogP contribution in [0.4, 0.5) is 0 Å². The molecule has 6 nitrogen and oxygen atoms in total. The second-order valence-corrected chi connectivity index (χ2v) is 7.42. The summed E-state index contributed by atoms with van der Waals surface area (Å²) in [5, 5.41) is 0. The van der Waals surface area contributed by atoms with E-state index in [0.29, 0.717) is 19.6 Å². The summed E-state index contributed by atoms with van der Waals surface area (Å²) in [6.07, 6.45) is 2.41. The molecule has 0 bridgehead atoms. The molecule has 1 saturated heterocycles. The lowest BCUT2D eigenvalue weighted by Crippen LogP contribution is -2.41. The van der Waals surface area contributed by atoms with Gasteiger partial charge in [0, 0.05) is 6.92 Å². The van der Waals surface area contributed by atoms with Crippen LogP contribution in [-0.2, 0) is 35.1 Å². The largest absolute Gasteiger partial charge is 0.463 e. The SMILES string of the molecule is C=CC[C@H](COC(C)=O)O[C@H](C=C)[C@H]1OC(C)(C)O[C@@H]1COCc1ccccc1. The van der Waals surface area contributed by atoms with Crippen LogP contribution >= 0.6 is 0 Å². The zero-order valence-corrected chi connectivity index (χ0v) is 17.5. The van der Waals surface area contributed by atoms with E-state index in [2.05, 4.69) is 13.2 Å². The molecule has 0 aromatic heterocycles. The Hall–Kier alpha value is -1.99. The van der Waals surface area contributed by atoms with Crippen molar-refractivity contribution in [3.63, 3.8) is 0 Å². The maximum absolute atomic E-state index is 11.2. The summed E-state index contributed by atoms with van der Waals surface area (Å²) in [4.78, 5) is 11.2. The highest BCUT2D eigenvalue weighted by molar-refractivity contribution is 5.65. The lowest BCUT2D eigenvalue weighted by molar-refractivity contribution is -0.164. The first kappa shape index (κ1) is 23.3. The molecule has 0 aliphatic carbocycles. The summed E-state index contributed by atoms with van der Waals surface area (Å²) in [6.45, 7) is 13.7. The lowest BCUT2D eigenvalue weighted by atomic mass is 10.1. The zero-order valence-electron chi connectivity index (χ0n) is 17.5. The summed E-state index contributed by atoms with van der Waals surface area (Å²) >= 11 is 0. The molecule has 1 aromatic carbocycles. The molecule has 0 N–H and O–H groups in total. The molecule has 1 fully saturated rings. The van der Waals surface area contributed by atoms with Gasteiger partial charge >= 0.3 is 5.97 Å². The van der Waals surface area contributed by atoms with E-state index in [4.69, 9.17) is 23.7 Å². The minimum absolute atomic E-state index is 0.137. The van der Waals surface area contributed by atoms with Crippen LogP contribution in [0.15, 0.2) is 55.6 Å². The third kappa shape index (κ3) is 7.74. The Morgan fingerprint density at radius 3 is 2.59 bits per heavy atom. The van der Waals surface area contributed by atoms with Gasteiger partial charge in [-0.05, 0) is 25.8 Å². The van der Waals surface area contributed by atoms with Gasteiger partial charge in [-0.15, -0.1) is 13.2 Å². The zero-order chi connectivity index (χ0) is 21.3. The second-order valence-electron chi connectivity index (χ2n) is 7.42. The number of carbonyl (C=O) groups is 1. The van der Waals surface area contributed by atoms with Crippen molar-refractivity contribution in [3.05, 3.63) is 61.2 Å². The van der Waals surface area contributed by atoms with Crippen molar-refractivity contribution in [2.75, 3.05) is 13.2 Å². The Kier molecular flexibility index (Phi) is 9.04. The third-order valence-electron chi connectivity index (χ3n) is 4.42. The normalized spacial score (nSPS) is 22.6. The van der Waals surface area contributed by atoms with Gasteiger partial charge in [-0.1, -0.05) is 42.5 Å². The highest BCUT2D eigenvalue weighted by atomic mass is 16.8. The predicted molar refractivity (Wildman–Crippen MR) is 110 cm³/mol. The topological polar surface area (TPSA) is 63.2 Å². The molecular weight excluding hydrogens is 372 g/mol. The third-order valence-corrected chi connectivity index (χ3v) is 4.42. The number of rotatable bonds is 12. The first-order valence-corrected chi connectivity index (χ1v) is 9.84. The van der Waals surface area contributed by atoms with Crippen LogP contribution in [-0.4, -0.2) is 49.4 Å². The quantitative estimate of drug-likeness (QED) is 0.390. The average molecular weight is 405 g/mol. The maximum Gasteiger partial charge on any atom is 0.302 e. The monoisotopic (exact) mass is 404 g/mol. The molecule has 1 heterocycles. The van der Waals surface area contributed by atoms with Gasteiger partial charge in [0.15, 0.2) is 5.79 Å². The fourth-order valence-corrected chi connectivity index (χ4v) is 3.19. The van der Waals surface area contributed by atoms with E-state index in [-0.39, 0.29) is 24.8 Å². The van der Waals surface area contributed by atoms with E-state index < -0.39 is 18.0 Å². The number of esters is 1. The van der Waals surface area contributed by atoms with Gasteiger partial charge in [0.05, 0.1) is 19.3 Å². The van der Waals surface area contributed by atoms with Crippen molar-refractivity contribution in [2.24, 2.45) is 0 Å². The number of ether oxygens (including phenoxy) is 5. The van der Waals surface area contributed by atoms with Crippen molar-refractivity contribution in [2.45, 2.75) is 64.0 Å². The Bertz CT molecular complexity index is 657. The number of hydrogen-bond acceptors (Lipinski definition) is 6. The molecule has 1 aliphatic rings. The van der Waals surface area contributed by atoms with E-state index >= 15 is 0 Å². The van der Waals surface area contributed by atoms with Gasteiger partial charge in [0.25, 0.3) is 0 Å². The Morgan fingerprint density at radius 2 is 1.97 bits per heavy atom. The van der Waals surface area contributed by atoms with E-state index in [1.807, 2.05) is 44.2 Å². The minimum Gasteiger partial charge on any atom is -0.463 e. The van der Waals surface area contributed by atoms with Crippen molar-refractivity contribution in [1.29, 1.82) is 0 Å². The maximum atomic E-state index is 11.2. The summed E-state index contributed by atoms with van der Waals surface area (Å²) in [6, 6.07) is 9.95. The van der Waals surface area contributed by atoms with E-state index in [1.54, 1.807) is 12.2 Å². The van der Waals surface area contributed by atoms with Crippen LogP contribution in [0.3, 0.4) is 0 Å². The predicted octanol–water partition coefficient (Wildman–Crippen LogP) is 3.80. The van der Waals surface area contributed by atoms with E-state index in [1.165, 1.54) is 6.92 Å². The Morgan fingerprint density at radius 1 is 1.24 bits per heavy atom. The molecule has 0 spiro atoms. The average Bonchev–Trinajstić information content (AvgIpc) is 2.99. The molecule has 4 atom stereocenters. The van der Waals surface area contributed by atoms with Crippen molar-refractivity contribution in [1.82, 2.24) is 0 Å². The second kappa shape index (κ2) is 11.3. The molecule has 0 unspecified atom stereocenters. The molecule has 1 aliphatic heterocycles. The molecule has 0 radical (unpaired) electrons. The van der Waals surface area contributed by atoms with Crippen molar-refractivity contribution in [3.8, 4) is 0 Å². The molecule has 1 aromatic rings. The first-order chi connectivity index (χ1) is 13.8. The number of hydrogen-bond donors (Lipinski definition) is 0. The Balaban J connectivity index is 1.99. The van der Waals surface area contributed by atoms with E-state index in [0.717, 1.165) is 5.56 Å². The van der Waals surface area contributed by atoms with Gasteiger partial charge in [0.1, 0.15) is 24.9 Å². The summed E-state index contributed by atoms with van der Waals surface area (Å²) in [5.74, 6) is -1.12. The van der Waals surface area contributed by atoms with Gasteiger partial charge < -0.3 is 23.7 Å². The van der Waals surface area contributed by atoms with Crippen LogP contribution in [0, 0.1) is 0 Å². The van der Waals surface area contributed by atoms with Gasteiger partial charge in [0.2, 0.25) is 0 Å². The number of benzene rings is 1. The van der Waals surface area contributed by atoms with Crippen LogP contribution < -0.4 is 0 Å². The molecular formula is C23H32O6. The Labute approximate surface area is 173 Å². The van der Waals surface area contributed by atoms with Crippen LogP contribution in [0.5, 0.6) is 0 Å². The first-order valence-electron chi connectivity index (χ1n) is 9.84. The van der Waals surface area contributed by atoms with Crippen LogP contribution in [0.25, 0.3) is 0 Å². The molecule has 29 heavy (non-hydrogen) atoms. The fraction of sp³-hybridized carbons (Fsp3) is 0.522. The smallest absolute Gasteiger partial charge is 0.302 e. The summed E-state index contributed by atoms with van der Waals surface area (Å²) in [5.41, 5.74) is 1.09. The molecule has 160 valence electrons. The summed E-state index contributed by atoms with van der Waals surface area (Å²) in [7, 11) is 0. The highest BCUT2D eigenvalue weighted by Crippen LogP contribution is 2.32. The molecule has 2 rings (SSSR count). The number of carbonyl (C=O) groups excluding carboxylic acids is 1. The van der Waals surface area contributed by atoms with Crippen molar-refractivity contribution < 1.29 is 28.5 Å². The van der Waals surface area contributed by atoms with E-state index in [9.17, 15) is 4.79 Å². The molecule has 0 saturated carbocycles. The molecule has 0 amide bonds. The van der Waals surface area contributed by atoms with Gasteiger partial charge in [-0.2, -0.15) is 0 Å². The van der Waals surface area contributed by atoms with Gasteiger partial charge in [-0.25, -0.2) is 0 Å². The van der Waals surface area contributed by atoms with Gasteiger partial charge in [-0.3, -0.25) is 4.79 Å². The lowest BCUT2D eigenvalue weighted by Gasteiger charge is -2.28. The highest BCUT2D eigenvalue weighted by Gasteiger charge is 2.45. The minimum atomic E-state index is -0.764.